The van der Waals surface area contributed by atoms with Crippen LogP contribution in [0.1, 0.15) is 72.5 Å². The smallest absolute Gasteiger partial charge is 0.297 e. The zero-order chi connectivity index (χ0) is 43.7. The number of H-pyrrole nitrogens is 1. The van der Waals surface area contributed by atoms with E-state index < -0.39 is 31.4 Å². The van der Waals surface area contributed by atoms with Gasteiger partial charge in [-0.2, -0.15) is 0 Å². The Balaban J connectivity index is 0.803. The number of hydrogen-bond acceptors (Lipinski definition) is 13. The number of nitrogens with zero attached hydrogens (tertiary/aromatic N) is 5. The molecule has 1 spiro atoms. The summed E-state index contributed by atoms with van der Waals surface area (Å²) in [4.78, 5) is 40.2. The highest BCUT2D eigenvalue weighted by atomic mass is 32.2. The first-order valence-corrected chi connectivity index (χ1v) is 23.9. The molecule has 6 aliphatic rings. The number of ether oxygens (including phenoxy) is 3. The van der Waals surface area contributed by atoms with E-state index in [1.807, 2.05) is 12.1 Å². The van der Waals surface area contributed by atoms with Gasteiger partial charge in [-0.25, -0.2) is 18.1 Å². The zero-order valence-electron chi connectivity index (χ0n) is 35.7. The van der Waals surface area contributed by atoms with Crippen molar-refractivity contribution in [2.75, 3.05) is 56.2 Å². The van der Waals surface area contributed by atoms with Gasteiger partial charge in [0.2, 0.25) is 0 Å². The van der Waals surface area contributed by atoms with Crippen LogP contribution in [0.3, 0.4) is 0 Å². The van der Waals surface area contributed by atoms with Crippen molar-refractivity contribution in [3.63, 3.8) is 0 Å². The average molecular weight is 889 g/mol. The van der Waals surface area contributed by atoms with Crippen LogP contribution in [0.25, 0.3) is 11.0 Å². The molecule has 5 aliphatic heterocycles. The maximum Gasteiger partial charge on any atom is 0.297 e. The monoisotopic (exact) mass is 888 g/mol. The first-order chi connectivity index (χ1) is 31.0. The molecular formula is C47H52N8O8S. The number of benzene rings is 3. The second-order valence-corrected chi connectivity index (χ2v) is 20.3. The third-order valence-electron chi connectivity index (χ3n) is 14.7. The van der Waals surface area contributed by atoms with Crippen LogP contribution in [0, 0.1) is 22.5 Å². The third-order valence-corrected chi connectivity index (χ3v) is 16.0. The predicted octanol–water partition coefficient (Wildman–Crippen LogP) is 6.92. The lowest BCUT2D eigenvalue weighted by Crippen LogP contribution is -2.54. The van der Waals surface area contributed by atoms with Crippen LogP contribution < -0.4 is 24.4 Å². The van der Waals surface area contributed by atoms with Gasteiger partial charge in [0.15, 0.2) is 11.4 Å². The molecule has 334 valence electrons. The second kappa shape index (κ2) is 16.0. The fraction of sp³-hybridized carbons (Fsp3) is 0.447. The number of aromatic amines is 1. The van der Waals surface area contributed by atoms with Gasteiger partial charge >= 0.3 is 0 Å². The summed E-state index contributed by atoms with van der Waals surface area (Å²) in [5.41, 5.74) is 4.28. The second-order valence-electron chi connectivity index (χ2n) is 18.6. The van der Waals surface area contributed by atoms with E-state index in [4.69, 9.17) is 14.2 Å². The summed E-state index contributed by atoms with van der Waals surface area (Å²) >= 11 is 0. The highest BCUT2D eigenvalue weighted by Gasteiger charge is 2.50. The summed E-state index contributed by atoms with van der Waals surface area (Å²) in [6.07, 6.45) is 11.4. The van der Waals surface area contributed by atoms with Crippen molar-refractivity contribution in [2.24, 2.45) is 5.41 Å². The first-order valence-electron chi connectivity index (χ1n) is 22.4. The maximum atomic E-state index is 14.1. The summed E-state index contributed by atoms with van der Waals surface area (Å²) in [7, 11) is -4.64. The number of fused-ring (bicyclic) bond motifs is 4. The van der Waals surface area contributed by atoms with E-state index in [2.05, 4.69) is 65.9 Å². The van der Waals surface area contributed by atoms with Gasteiger partial charge in [0, 0.05) is 79.8 Å². The molecule has 3 aromatic carbocycles. The Hall–Kier alpha value is -5.75. The molecule has 3 N–H and O–H groups in total. The molecule has 4 atom stereocenters. The van der Waals surface area contributed by atoms with E-state index in [0.717, 1.165) is 62.6 Å². The number of hydrogen-bond donors (Lipinski definition) is 3. The number of rotatable bonds is 11. The number of likely N-dealkylation sites (tertiary alicyclic amines) is 2. The van der Waals surface area contributed by atoms with Crippen LogP contribution in [-0.4, -0.2) is 109 Å². The number of nitro benzene ring substituents is 1. The maximum absolute atomic E-state index is 14.1. The highest BCUT2D eigenvalue weighted by molar-refractivity contribution is 7.90. The SMILES string of the molecule is Cc1ccccc1[C@@H]1CCCN1C1CC2(CCN(c3ccc(C(=O)NS(=O)(=O)c4cc5c(c([N+](=O)[O-])c4)N[C@@H](CN4C[C@@H]6C[C@H]4CO6)CO5)c(Oc4cnc5[nH]ccc5c4)c3)CC2)C1. The molecule has 16 nitrogen and oxygen atoms in total. The van der Waals surface area contributed by atoms with Crippen molar-refractivity contribution in [2.45, 2.75) is 87.0 Å². The lowest BCUT2D eigenvalue weighted by molar-refractivity contribution is -0.384. The highest BCUT2D eigenvalue weighted by Crippen LogP contribution is 2.54. The molecule has 2 bridgehead atoms. The normalized spacial score (nSPS) is 24.3. The Labute approximate surface area is 371 Å². The molecule has 1 aliphatic carbocycles. The quantitative estimate of drug-likeness (QED) is 0.0918. The van der Waals surface area contributed by atoms with E-state index in [9.17, 15) is 23.3 Å². The van der Waals surface area contributed by atoms with E-state index in [-0.39, 0.29) is 41.5 Å². The summed E-state index contributed by atoms with van der Waals surface area (Å²) in [5.74, 6) is -0.419. The van der Waals surface area contributed by atoms with Gasteiger partial charge in [-0.1, -0.05) is 24.3 Å². The van der Waals surface area contributed by atoms with Crippen molar-refractivity contribution < 1.29 is 32.3 Å². The number of sulfonamides is 1. The van der Waals surface area contributed by atoms with Crippen LogP contribution in [0.15, 0.2) is 84.0 Å². The standard InChI is InChI=1S/C47H52N8O8S/c1-29-5-2-3-6-38(29)40-7-4-14-54(40)34-22-47(23-34)11-15-52(16-12-47)32-8-9-39(42(19-32)63-35-17-30-10-13-48-45(30)49-24-35)46(56)51-64(59,60)37-20-41(55(57)58)44-43(21-37)62-27-31(50-44)25-53-26-36-18-33(53)28-61-36/h2-3,5-6,8-10,13,17,19-21,24,31,33-34,36,40,50H,4,7,11-12,14-16,18,22-23,25-28H2,1H3,(H,48,49)(H,51,56)/t31-,33-,36-,40-/m0/s1. The molecule has 5 fully saturated rings. The number of aromatic nitrogens is 2. The van der Waals surface area contributed by atoms with Gasteiger partial charge in [0.05, 0.1) is 40.3 Å². The van der Waals surface area contributed by atoms with Gasteiger partial charge in [-0.05, 0) is 99.2 Å². The van der Waals surface area contributed by atoms with E-state index >= 15 is 0 Å². The predicted molar refractivity (Wildman–Crippen MR) is 240 cm³/mol. The van der Waals surface area contributed by atoms with Gasteiger partial charge in [0.25, 0.3) is 21.6 Å². The lowest BCUT2D eigenvalue weighted by Gasteiger charge is -2.56. The van der Waals surface area contributed by atoms with Crippen molar-refractivity contribution in [1.82, 2.24) is 24.5 Å². The number of amides is 1. The van der Waals surface area contributed by atoms with Crippen LogP contribution >= 0.6 is 0 Å². The van der Waals surface area contributed by atoms with E-state index in [0.29, 0.717) is 48.1 Å². The molecule has 4 saturated heterocycles. The van der Waals surface area contributed by atoms with E-state index in [1.54, 1.807) is 30.6 Å². The van der Waals surface area contributed by atoms with Crippen LogP contribution in [0.2, 0.25) is 0 Å². The summed E-state index contributed by atoms with van der Waals surface area (Å²) in [6, 6.07) is 20.9. The molecule has 0 unspecified atom stereocenters. The lowest BCUT2D eigenvalue weighted by atomic mass is 9.59. The summed E-state index contributed by atoms with van der Waals surface area (Å²) in [6.45, 7) is 7.29. The molecule has 1 amide bonds. The molecule has 2 aromatic heterocycles. The third kappa shape index (κ3) is 7.61. The van der Waals surface area contributed by atoms with Gasteiger partial charge in [-0.15, -0.1) is 0 Å². The molecule has 11 rings (SSSR count). The van der Waals surface area contributed by atoms with Crippen LogP contribution in [-0.2, 0) is 14.8 Å². The number of pyridine rings is 1. The Kier molecular flexibility index (Phi) is 10.3. The van der Waals surface area contributed by atoms with Gasteiger partial charge < -0.3 is 29.4 Å². The molecule has 0 radical (unpaired) electrons. The topological polar surface area (TPSA) is 184 Å². The minimum absolute atomic E-state index is 0.0221. The minimum atomic E-state index is -4.64. The fourth-order valence-corrected chi connectivity index (χ4v) is 12.3. The number of nitro groups is 1. The molecule has 5 aromatic rings. The van der Waals surface area contributed by atoms with E-state index in [1.165, 1.54) is 42.9 Å². The fourth-order valence-electron chi connectivity index (χ4n) is 11.3. The number of carbonyl (C=O) groups excluding carboxylic acids is 1. The Morgan fingerprint density at radius 2 is 1.89 bits per heavy atom. The van der Waals surface area contributed by atoms with Gasteiger partial charge in [0.1, 0.15) is 23.8 Å². The Morgan fingerprint density at radius 1 is 1.05 bits per heavy atom. The summed E-state index contributed by atoms with van der Waals surface area (Å²) in [5, 5.41) is 16.4. The number of carbonyl (C=O) groups is 1. The molecule has 1 saturated carbocycles. The van der Waals surface area contributed by atoms with Crippen LogP contribution in [0.5, 0.6) is 17.2 Å². The van der Waals surface area contributed by atoms with Gasteiger partial charge in [-0.3, -0.25) is 24.7 Å². The largest absolute Gasteiger partial charge is 0.489 e. The zero-order valence-corrected chi connectivity index (χ0v) is 36.5. The van der Waals surface area contributed by atoms with Crippen molar-refractivity contribution >= 4 is 44.0 Å². The first kappa shape index (κ1) is 41.0. The van der Waals surface area contributed by atoms with Crippen molar-refractivity contribution in [1.29, 1.82) is 0 Å². The van der Waals surface area contributed by atoms with Crippen molar-refractivity contribution in [3.8, 4) is 17.2 Å². The number of nitrogens with one attached hydrogen (secondary N) is 3. The average Bonchev–Trinajstić information content (AvgIpc) is 4.12. The Morgan fingerprint density at radius 3 is 2.67 bits per heavy atom. The number of aryl methyl sites for hydroxylation is 1. The van der Waals surface area contributed by atoms with Crippen LogP contribution in [0.4, 0.5) is 17.1 Å². The summed E-state index contributed by atoms with van der Waals surface area (Å²) < 4.78 is 48.1. The molecule has 17 heteroatoms. The molecule has 64 heavy (non-hydrogen) atoms. The number of piperidine rings is 1. The number of anilines is 2. The Bertz CT molecular complexity index is 2750. The molecular weight excluding hydrogens is 837 g/mol. The minimum Gasteiger partial charge on any atom is -0.489 e. The molecule has 7 heterocycles. The van der Waals surface area contributed by atoms with Crippen molar-refractivity contribution in [3.05, 3.63) is 106 Å². The number of morpholine rings is 1.